The van der Waals surface area contributed by atoms with Gasteiger partial charge in [-0.25, -0.2) is 5.43 Å². The number of nitrogens with zero attached hydrogens (tertiary/aromatic N) is 1. The van der Waals surface area contributed by atoms with Crippen molar-refractivity contribution in [2.75, 3.05) is 0 Å². The zero-order valence-electron chi connectivity index (χ0n) is 8.93. The fraction of sp³-hybridized carbons (Fsp3) is 0. The summed E-state index contributed by atoms with van der Waals surface area (Å²) in [4.78, 5) is 11.5. The van der Waals surface area contributed by atoms with Crippen molar-refractivity contribution in [3.8, 4) is 0 Å². The summed E-state index contributed by atoms with van der Waals surface area (Å²) >= 11 is 3.27. The molecule has 0 aliphatic rings. The van der Waals surface area contributed by atoms with Crippen LogP contribution in [-0.4, -0.2) is 17.2 Å². The molecule has 0 aromatic heterocycles. The second-order valence-corrected chi connectivity index (χ2v) is 3.95. The van der Waals surface area contributed by atoms with Crippen molar-refractivity contribution in [1.82, 2.24) is 5.43 Å². The Morgan fingerprint density at radius 1 is 1.41 bits per heavy atom. The highest BCUT2D eigenvalue weighted by Gasteiger charge is 2.02. The number of benzene rings is 1. The smallest absolute Gasteiger partial charge is 0.271 e. The lowest BCUT2D eigenvalue weighted by Crippen LogP contribution is -2.17. The molecule has 0 spiro atoms. The van der Waals surface area contributed by atoms with Crippen LogP contribution in [0.2, 0.25) is 0 Å². The number of hydrogen-bond donors (Lipinski definition) is 2. The Kier molecular flexibility index (Phi) is 5.16. The molecule has 0 unspecified atom stereocenters. The maximum atomic E-state index is 11.5. The molecule has 0 bridgehead atoms. The number of carbonyl (C=O) groups excluding carboxylic acids is 1. The summed E-state index contributed by atoms with van der Waals surface area (Å²) in [5.41, 5.74) is 2.77. The minimum absolute atomic E-state index is 0.0869. The predicted molar refractivity (Wildman–Crippen MR) is 71.0 cm³/mol. The Labute approximate surface area is 107 Å². The molecule has 0 saturated carbocycles. The maximum Gasteiger partial charge on any atom is 0.271 e. The molecule has 0 aliphatic heterocycles. The van der Waals surface area contributed by atoms with Gasteiger partial charge in [0.15, 0.2) is 0 Å². The molecule has 1 aromatic rings. The van der Waals surface area contributed by atoms with E-state index >= 15 is 0 Å². The zero-order chi connectivity index (χ0) is 12.7. The SMILES string of the molecule is C=C/C=C(O)/C=N\NC(=O)c1ccc(Br)cc1. The summed E-state index contributed by atoms with van der Waals surface area (Å²) in [6.07, 6.45) is 3.89. The number of allylic oxidation sites excluding steroid dienone is 3. The van der Waals surface area contributed by atoms with Crippen molar-refractivity contribution < 1.29 is 9.90 Å². The average molecular weight is 295 g/mol. The summed E-state index contributed by atoms with van der Waals surface area (Å²) in [6, 6.07) is 6.84. The van der Waals surface area contributed by atoms with Crippen molar-refractivity contribution in [1.29, 1.82) is 0 Å². The molecule has 5 heteroatoms. The van der Waals surface area contributed by atoms with Gasteiger partial charge in [0.25, 0.3) is 5.91 Å². The largest absolute Gasteiger partial charge is 0.506 e. The van der Waals surface area contributed by atoms with E-state index in [0.29, 0.717) is 5.56 Å². The van der Waals surface area contributed by atoms with Gasteiger partial charge in [0.2, 0.25) is 0 Å². The van der Waals surface area contributed by atoms with Crippen molar-refractivity contribution in [2.24, 2.45) is 5.10 Å². The van der Waals surface area contributed by atoms with Gasteiger partial charge in [0.05, 0.1) is 6.21 Å². The number of aliphatic hydroxyl groups excluding tert-OH is 1. The van der Waals surface area contributed by atoms with Gasteiger partial charge in [-0.3, -0.25) is 4.79 Å². The van der Waals surface area contributed by atoms with E-state index in [9.17, 15) is 4.79 Å². The van der Waals surface area contributed by atoms with Crippen LogP contribution in [-0.2, 0) is 0 Å². The fourth-order valence-corrected chi connectivity index (χ4v) is 1.25. The van der Waals surface area contributed by atoms with E-state index in [-0.39, 0.29) is 11.7 Å². The normalized spacial score (nSPS) is 11.5. The van der Waals surface area contributed by atoms with E-state index in [2.05, 4.69) is 33.0 Å². The molecule has 0 fully saturated rings. The van der Waals surface area contributed by atoms with Crippen molar-refractivity contribution >= 4 is 28.1 Å². The van der Waals surface area contributed by atoms with Crippen molar-refractivity contribution in [2.45, 2.75) is 0 Å². The summed E-state index contributed by atoms with van der Waals surface area (Å²) in [6.45, 7) is 3.41. The molecule has 0 radical (unpaired) electrons. The maximum absolute atomic E-state index is 11.5. The van der Waals surface area contributed by atoms with E-state index in [1.54, 1.807) is 24.3 Å². The third-order valence-electron chi connectivity index (χ3n) is 1.76. The fourth-order valence-electron chi connectivity index (χ4n) is 0.987. The highest BCUT2D eigenvalue weighted by molar-refractivity contribution is 9.10. The van der Waals surface area contributed by atoms with Gasteiger partial charge in [0, 0.05) is 10.0 Å². The quantitative estimate of drug-likeness (QED) is 0.388. The molecule has 0 saturated heterocycles. The lowest BCUT2D eigenvalue weighted by molar-refractivity contribution is 0.0955. The summed E-state index contributed by atoms with van der Waals surface area (Å²) in [7, 11) is 0. The lowest BCUT2D eigenvalue weighted by Gasteiger charge is -1.99. The number of hydrazone groups is 1. The third-order valence-corrected chi connectivity index (χ3v) is 2.29. The topological polar surface area (TPSA) is 61.7 Å². The lowest BCUT2D eigenvalue weighted by atomic mass is 10.2. The first-order chi connectivity index (χ1) is 8.13. The zero-order valence-corrected chi connectivity index (χ0v) is 10.5. The van der Waals surface area contributed by atoms with Crippen molar-refractivity contribution in [3.63, 3.8) is 0 Å². The molecular formula is C12H11BrN2O2. The van der Waals surface area contributed by atoms with Gasteiger partial charge in [-0.2, -0.15) is 5.10 Å². The predicted octanol–water partition coefficient (Wildman–Crippen LogP) is 2.79. The molecule has 0 atom stereocenters. The first-order valence-electron chi connectivity index (χ1n) is 4.74. The van der Waals surface area contributed by atoms with Crippen molar-refractivity contribution in [3.05, 3.63) is 58.8 Å². The summed E-state index contributed by atoms with van der Waals surface area (Å²) < 4.78 is 0.893. The number of amides is 1. The third kappa shape index (κ3) is 4.65. The van der Waals surface area contributed by atoms with Gasteiger partial charge in [-0.1, -0.05) is 28.6 Å². The molecule has 0 aliphatic carbocycles. The molecule has 4 nitrogen and oxygen atoms in total. The van der Waals surface area contributed by atoms with E-state index in [0.717, 1.165) is 10.7 Å². The first-order valence-corrected chi connectivity index (χ1v) is 5.53. The minimum Gasteiger partial charge on any atom is -0.506 e. The highest BCUT2D eigenvalue weighted by Crippen LogP contribution is 2.10. The molecule has 1 aromatic carbocycles. The minimum atomic E-state index is -0.347. The van der Waals surface area contributed by atoms with Gasteiger partial charge >= 0.3 is 0 Å². The van der Waals surface area contributed by atoms with Crippen LogP contribution in [0.4, 0.5) is 0 Å². The van der Waals surface area contributed by atoms with Crippen LogP contribution in [0.15, 0.2) is 58.3 Å². The first kappa shape index (κ1) is 13.2. The standard InChI is InChI=1S/C12H11BrN2O2/c1-2-3-11(16)8-14-15-12(17)9-4-6-10(13)7-5-9/h2-8,16H,1H2,(H,15,17)/b11-3-,14-8-. The number of carbonyl (C=O) groups is 1. The van der Waals surface area contributed by atoms with E-state index < -0.39 is 0 Å². The Morgan fingerprint density at radius 2 is 2.06 bits per heavy atom. The van der Waals surface area contributed by atoms with E-state index in [4.69, 9.17) is 5.11 Å². The number of halogens is 1. The summed E-state index contributed by atoms with van der Waals surface area (Å²) in [5, 5.41) is 12.7. The Bertz CT molecular complexity index is 464. The van der Waals surface area contributed by atoms with Gasteiger partial charge in [-0.05, 0) is 30.3 Å². The van der Waals surface area contributed by atoms with Crippen LogP contribution in [0.1, 0.15) is 10.4 Å². The molecule has 1 amide bonds. The van der Waals surface area contributed by atoms with Crippen LogP contribution < -0.4 is 5.43 Å². The van der Waals surface area contributed by atoms with Gasteiger partial charge in [0.1, 0.15) is 5.76 Å². The van der Waals surface area contributed by atoms with Crippen LogP contribution >= 0.6 is 15.9 Å². The van der Waals surface area contributed by atoms with E-state index in [1.165, 1.54) is 12.2 Å². The van der Waals surface area contributed by atoms with Crippen LogP contribution in [0.3, 0.4) is 0 Å². The number of aliphatic hydroxyl groups is 1. The number of rotatable bonds is 4. The number of nitrogens with one attached hydrogen (secondary N) is 1. The Balaban J connectivity index is 2.59. The monoisotopic (exact) mass is 294 g/mol. The Hall–Kier alpha value is -1.88. The van der Waals surface area contributed by atoms with Gasteiger partial charge in [-0.15, -0.1) is 0 Å². The molecule has 2 N–H and O–H groups in total. The highest BCUT2D eigenvalue weighted by atomic mass is 79.9. The molecular weight excluding hydrogens is 284 g/mol. The summed E-state index contributed by atoms with van der Waals surface area (Å²) in [5.74, 6) is -0.434. The van der Waals surface area contributed by atoms with Crippen LogP contribution in [0.5, 0.6) is 0 Å². The second-order valence-electron chi connectivity index (χ2n) is 3.03. The second kappa shape index (κ2) is 6.65. The Morgan fingerprint density at radius 3 is 2.65 bits per heavy atom. The van der Waals surface area contributed by atoms with Gasteiger partial charge < -0.3 is 5.11 Å². The van der Waals surface area contributed by atoms with Crippen LogP contribution in [0, 0.1) is 0 Å². The van der Waals surface area contributed by atoms with Crippen LogP contribution in [0.25, 0.3) is 0 Å². The average Bonchev–Trinajstić information content (AvgIpc) is 2.30. The van der Waals surface area contributed by atoms with E-state index in [1.807, 2.05) is 0 Å². The molecule has 0 heterocycles. The molecule has 88 valence electrons. The molecule has 1 rings (SSSR count). The molecule has 17 heavy (non-hydrogen) atoms. The number of hydrogen-bond acceptors (Lipinski definition) is 3.